The summed E-state index contributed by atoms with van der Waals surface area (Å²) in [6.45, 7) is 4.00. The molecule has 0 heterocycles. The average Bonchev–Trinajstić information content (AvgIpc) is 2.44. The zero-order valence-corrected chi connectivity index (χ0v) is 11.4. The molecule has 2 rings (SSSR count). The van der Waals surface area contributed by atoms with Gasteiger partial charge in [0.1, 0.15) is 5.75 Å². The Morgan fingerprint density at radius 2 is 1.74 bits per heavy atom. The van der Waals surface area contributed by atoms with Gasteiger partial charge in [-0.1, -0.05) is 43.6 Å². The normalized spacial score (nSPS) is 9.21. The van der Waals surface area contributed by atoms with E-state index in [1.165, 1.54) is 12.1 Å². The number of nitro groups is 1. The summed E-state index contributed by atoms with van der Waals surface area (Å²) in [5.74, 6) is 0.712. The van der Waals surface area contributed by atoms with Gasteiger partial charge in [0.2, 0.25) is 5.75 Å². The quantitative estimate of drug-likeness (QED) is 0.582. The minimum Gasteiger partial charge on any atom is -0.450 e. The summed E-state index contributed by atoms with van der Waals surface area (Å²) >= 11 is 5.70. The predicted molar refractivity (Wildman–Crippen MR) is 76.0 cm³/mol. The SMILES string of the molecule is CC.O=[N+]([O-])c1cc(Cl)ccc1Oc1ccccc1. The first kappa shape index (κ1) is 15.0. The van der Waals surface area contributed by atoms with Crippen LogP contribution in [0.25, 0.3) is 0 Å². The summed E-state index contributed by atoms with van der Waals surface area (Å²) in [6.07, 6.45) is 0. The molecule has 0 spiro atoms. The van der Waals surface area contributed by atoms with Crippen molar-refractivity contribution in [1.29, 1.82) is 0 Å². The molecule has 0 bridgehead atoms. The van der Waals surface area contributed by atoms with Crippen molar-refractivity contribution in [3.05, 3.63) is 63.7 Å². The molecule has 0 aromatic heterocycles. The number of nitro benzene ring substituents is 1. The average molecular weight is 280 g/mol. The monoisotopic (exact) mass is 279 g/mol. The number of para-hydroxylation sites is 1. The van der Waals surface area contributed by atoms with Crippen molar-refractivity contribution in [1.82, 2.24) is 0 Å². The minimum atomic E-state index is -0.524. The molecule has 0 unspecified atom stereocenters. The molecule has 4 nitrogen and oxygen atoms in total. The molecule has 0 aliphatic heterocycles. The van der Waals surface area contributed by atoms with E-state index in [2.05, 4.69) is 0 Å². The lowest BCUT2D eigenvalue weighted by molar-refractivity contribution is -0.385. The van der Waals surface area contributed by atoms with E-state index in [0.717, 1.165) is 0 Å². The molecule has 2 aromatic carbocycles. The molecule has 0 saturated carbocycles. The molecule has 100 valence electrons. The summed E-state index contributed by atoms with van der Waals surface area (Å²) in [5.41, 5.74) is -0.152. The number of rotatable bonds is 3. The number of ether oxygens (including phenoxy) is 1. The summed E-state index contributed by atoms with van der Waals surface area (Å²) in [7, 11) is 0. The minimum absolute atomic E-state index is 0.152. The van der Waals surface area contributed by atoms with Crippen LogP contribution in [0.5, 0.6) is 11.5 Å². The van der Waals surface area contributed by atoms with Crippen molar-refractivity contribution >= 4 is 17.3 Å². The van der Waals surface area contributed by atoms with Gasteiger partial charge in [0.15, 0.2) is 0 Å². The van der Waals surface area contributed by atoms with E-state index < -0.39 is 4.92 Å². The maximum absolute atomic E-state index is 10.8. The van der Waals surface area contributed by atoms with Crippen molar-refractivity contribution in [3.8, 4) is 11.5 Å². The summed E-state index contributed by atoms with van der Waals surface area (Å²) in [6, 6.07) is 13.1. The smallest absolute Gasteiger partial charge is 0.313 e. The molecule has 5 heteroatoms. The van der Waals surface area contributed by atoms with Crippen LogP contribution in [0.15, 0.2) is 48.5 Å². The first-order valence-electron chi connectivity index (χ1n) is 5.83. The third kappa shape index (κ3) is 4.26. The van der Waals surface area contributed by atoms with Crippen LogP contribution in [-0.2, 0) is 0 Å². The van der Waals surface area contributed by atoms with Crippen LogP contribution in [-0.4, -0.2) is 4.92 Å². The fourth-order valence-electron chi connectivity index (χ4n) is 1.34. The molecule has 19 heavy (non-hydrogen) atoms. The van der Waals surface area contributed by atoms with Gasteiger partial charge in [-0.2, -0.15) is 0 Å². The van der Waals surface area contributed by atoms with Crippen LogP contribution in [0.4, 0.5) is 5.69 Å². The van der Waals surface area contributed by atoms with E-state index in [0.29, 0.717) is 10.8 Å². The maximum atomic E-state index is 10.8. The van der Waals surface area contributed by atoms with Crippen LogP contribution in [0, 0.1) is 10.1 Å². The second-order valence-electron chi connectivity index (χ2n) is 3.28. The van der Waals surface area contributed by atoms with E-state index in [9.17, 15) is 10.1 Å². The molecule has 0 aliphatic rings. The van der Waals surface area contributed by atoms with E-state index >= 15 is 0 Å². The van der Waals surface area contributed by atoms with Gasteiger partial charge in [-0.25, -0.2) is 0 Å². The van der Waals surface area contributed by atoms with Gasteiger partial charge in [-0.3, -0.25) is 10.1 Å². The van der Waals surface area contributed by atoms with Crippen LogP contribution >= 0.6 is 11.6 Å². The number of nitrogens with zero attached hydrogens (tertiary/aromatic N) is 1. The highest BCUT2D eigenvalue weighted by Gasteiger charge is 2.16. The van der Waals surface area contributed by atoms with Gasteiger partial charge >= 0.3 is 5.69 Å². The van der Waals surface area contributed by atoms with Crippen LogP contribution < -0.4 is 4.74 Å². The van der Waals surface area contributed by atoms with E-state index in [-0.39, 0.29) is 11.4 Å². The fraction of sp³-hybridized carbons (Fsp3) is 0.143. The summed E-state index contributed by atoms with van der Waals surface area (Å²) < 4.78 is 5.43. The van der Waals surface area contributed by atoms with Crippen molar-refractivity contribution in [2.75, 3.05) is 0 Å². The predicted octanol–water partition coefficient (Wildman–Crippen LogP) is 5.07. The van der Waals surface area contributed by atoms with Crippen molar-refractivity contribution in [2.45, 2.75) is 13.8 Å². The van der Waals surface area contributed by atoms with E-state index in [4.69, 9.17) is 16.3 Å². The summed E-state index contributed by atoms with van der Waals surface area (Å²) in [5, 5.41) is 11.1. The lowest BCUT2D eigenvalue weighted by Crippen LogP contribution is -1.93. The zero-order valence-electron chi connectivity index (χ0n) is 10.7. The Kier molecular flexibility index (Phi) is 5.82. The number of benzene rings is 2. The van der Waals surface area contributed by atoms with Crippen LogP contribution in [0.3, 0.4) is 0 Å². The van der Waals surface area contributed by atoms with E-state index in [1.54, 1.807) is 30.3 Å². The van der Waals surface area contributed by atoms with E-state index in [1.807, 2.05) is 19.9 Å². The number of halogens is 1. The van der Waals surface area contributed by atoms with Gasteiger partial charge in [0.05, 0.1) is 4.92 Å². The Morgan fingerprint density at radius 1 is 1.11 bits per heavy atom. The number of hydrogen-bond acceptors (Lipinski definition) is 3. The second-order valence-corrected chi connectivity index (χ2v) is 3.72. The lowest BCUT2D eigenvalue weighted by atomic mass is 10.3. The molecular weight excluding hydrogens is 266 g/mol. The largest absolute Gasteiger partial charge is 0.450 e. The number of hydrogen-bond donors (Lipinski definition) is 0. The molecule has 0 N–H and O–H groups in total. The first-order valence-corrected chi connectivity index (χ1v) is 6.21. The molecule has 2 aromatic rings. The molecule has 0 atom stereocenters. The van der Waals surface area contributed by atoms with Crippen molar-refractivity contribution in [2.24, 2.45) is 0 Å². The second kappa shape index (κ2) is 7.38. The molecule has 0 radical (unpaired) electrons. The van der Waals surface area contributed by atoms with Gasteiger partial charge in [0, 0.05) is 11.1 Å². The van der Waals surface area contributed by atoms with Gasteiger partial charge in [-0.15, -0.1) is 0 Å². The lowest BCUT2D eigenvalue weighted by Gasteiger charge is -2.05. The Labute approximate surface area is 116 Å². The van der Waals surface area contributed by atoms with Crippen LogP contribution in [0.2, 0.25) is 5.02 Å². The fourth-order valence-corrected chi connectivity index (χ4v) is 1.50. The standard InChI is InChI=1S/C12H8ClNO3.C2H6/c13-9-6-7-12(11(8-9)14(15)16)17-10-4-2-1-3-5-10;1-2/h1-8H;1-2H3. The highest BCUT2D eigenvalue weighted by atomic mass is 35.5. The van der Waals surface area contributed by atoms with Gasteiger partial charge in [-0.05, 0) is 24.3 Å². The first-order chi connectivity index (χ1) is 9.16. The topological polar surface area (TPSA) is 52.4 Å². The van der Waals surface area contributed by atoms with Crippen LogP contribution in [0.1, 0.15) is 13.8 Å². The molecule has 0 aliphatic carbocycles. The summed E-state index contributed by atoms with van der Waals surface area (Å²) in [4.78, 5) is 10.3. The third-order valence-electron chi connectivity index (χ3n) is 2.09. The molecule has 0 saturated heterocycles. The zero-order chi connectivity index (χ0) is 14.3. The third-order valence-corrected chi connectivity index (χ3v) is 2.32. The molecule has 0 amide bonds. The van der Waals surface area contributed by atoms with Gasteiger partial charge in [0.25, 0.3) is 0 Å². The van der Waals surface area contributed by atoms with Crippen molar-refractivity contribution in [3.63, 3.8) is 0 Å². The van der Waals surface area contributed by atoms with Gasteiger partial charge < -0.3 is 4.74 Å². The maximum Gasteiger partial charge on any atom is 0.313 e. The Morgan fingerprint density at radius 3 is 2.32 bits per heavy atom. The Hall–Kier alpha value is -2.07. The highest BCUT2D eigenvalue weighted by molar-refractivity contribution is 6.30. The highest BCUT2D eigenvalue weighted by Crippen LogP contribution is 2.33. The Bertz CT molecular complexity index is 544. The van der Waals surface area contributed by atoms with Crippen molar-refractivity contribution < 1.29 is 9.66 Å². The molecule has 0 fully saturated rings. The Balaban J connectivity index is 0.000000861. The molecular formula is C14H14ClNO3.